The van der Waals surface area contributed by atoms with Crippen LogP contribution in [0.15, 0.2) is 54.9 Å². The molecule has 88 valence electrons. The Kier molecular flexibility index (Phi) is 2.82. The Morgan fingerprint density at radius 2 is 1.78 bits per heavy atom. The molecule has 0 atom stereocenters. The highest BCUT2D eigenvalue weighted by Crippen LogP contribution is 2.32. The van der Waals surface area contributed by atoms with Crippen molar-refractivity contribution < 1.29 is 0 Å². The van der Waals surface area contributed by atoms with Crippen LogP contribution in [0.1, 0.15) is 0 Å². The van der Waals surface area contributed by atoms with E-state index in [9.17, 15) is 0 Å². The van der Waals surface area contributed by atoms with Gasteiger partial charge in [-0.2, -0.15) is 5.10 Å². The van der Waals surface area contributed by atoms with Gasteiger partial charge in [0.2, 0.25) is 0 Å². The van der Waals surface area contributed by atoms with E-state index in [1.165, 1.54) is 0 Å². The van der Waals surface area contributed by atoms with E-state index in [1.807, 2.05) is 42.5 Å². The van der Waals surface area contributed by atoms with Crippen LogP contribution in [0.25, 0.3) is 22.5 Å². The van der Waals surface area contributed by atoms with Crippen LogP contribution in [0.4, 0.5) is 0 Å². The van der Waals surface area contributed by atoms with E-state index in [1.54, 1.807) is 12.4 Å². The van der Waals surface area contributed by atoms with Gasteiger partial charge in [-0.1, -0.05) is 35.9 Å². The molecule has 1 aromatic carbocycles. The maximum atomic E-state index is 6.21. The van der Waals surface area contributed by atoms with E-state index < -0.39 is 0 Å². The van der Waals surface area contributed by atoms with Gasteiger partial charge >= 0.3 is 0 Å². The lowest BCUT2D eigenvalue weighted by molar-refractivity contribution is 1.10. The molecule has 1 N–H and O–H groups in total. The van der Waals surface area contributed by atoms with Crippen molar-refractivity contribution in [3.8, 4) is 22.5 Å². The monoisotopic (exact) mass is 255 g/mol. The van der Waals surface area contributed by atoms with Crippen LogP contribution in [-0.4, -0.2) is 15.2 Å². The van der Waals surface area contributed by atoms with Gasteiger partial charge in [-0.15, -0.1) is 0 Å². The number of benzene rings is 1. The third-order valence-electron chi connectivity index (χ3n) is 2.72. The molecule has 0 bridgehead atoms. The number of hydrogen-bond acceptors (Lipinski definition) is 2. The second-order valence-corrected chi connectivity index (χ2v) is 4.26. The number of H-pyrrole nitrogens is 1. The third-order valence-corrected chi connectivity index (χ3v) is 3.05. The zero-order valence-electron chi connectivity index (χ0n) is 9.47. The molecule has 0 spiro atoms. The Morgan fingerprint density at radius 3 is 2.56 bits per heavy atom. The fraction of sp³-hybridized carbons (Fsp3) is 0. The molecular formula is C14H10ClN3. The number of pyridine rings is 1. The summed E-state index contributed by atoms with van der Waals surface area (Å²) < 4.78 is 0. The van der Waals surface area contributed by atoms with Crippen molar-refractivity contribution in [1.29, 1.82) is 0 Å². The lowest BCUT2D eigenvalue weighted by Crippen LogP contribution is -1.85. The number of nitrogens with one attached hydrogen (secondary N) is 1. The Morgan fingerprint density at radius 1 is 0.944 bits per heavy atom. The first kappa shape index (κ1) is 11.0. The molecule has 3 nitrogen and oxygen atoms in total. The fourth-order valence-electron chi connectivity index (χ4n) is 1.87. The predicted molar refractivity (Wildman–Crippen MR) is 72.3 cm³/mol. The summed E-state index contributed by atoms with van der Waals surface area (Å²) in [7, 11) is 0. The van der Waals surface area contributed by atoms with Crippen LogP contribution in [0.5, 0.6) is 0 Å². The molecule has 3 aromatic rings. The van der Waals surface area contributed by atoms with Crippen molar-refractivity contribution in [2.45, 2.75) is 0 Å². The van der Waals surface area contributed by atoms with E-state index in [0.717, 1.165) is 22.5 Å². The summed E-state index contributed by atoms with van der Waals surface area (Å²) in [6.07, 6.45) is 3.53. The normalized spacial score (nSPS) is 10.5. The zero-order chi connectivity index (χ0) is 12.4. The zero-order valence-corrected chi connectivity index (χ0v) is 10.2. The Hall–Kier alpha value is -2.13. The highest BCUT2D eigenvalue weighted by molar-refractivity contribution is 6.33. The molecule has 0 unspecified atom stereocenters. The maximum absolute atomic E-state index is 6.21. The van der Waals surface area contributed by atoms with E-state index >= 15 is 0 Å². The number of hydrogen-bond donors (Lipinski definition) is 1. The quantitative estimate of drug-likeness (QED) is 0.757. The predicted octanol–water partition coefficient (Wildman–Crippen LogP) is 3.79. The van der Waals surface area contributed by atoms with E-state index in [4.69, 9.17) is 11.6 Å². The Labute approximate surface area is 109 Å². The van der Waals surface area contributed by atoms with Crippen molar-refractivity contribution in [2.75, 3.05) is 0 Å². The van der Waals surface area contributed by atoms with E-state index in [2.05, 4.69) is 15.2 Å². The molecule has 0 fully saturated rings. The molecule has 0 aliphatic rings. The van der Waals surface area contributed by atoms with Gasteiger partial charge in [0, 0.05) is 22.3 Å². The molecular weight excluding hydrogens is 246 g/mol. The summed E-state index contributed by atoms with van der Waals surface area (Å²) in [5.74, 6) is 0. The van der Waals surface area contributed by atoms with Crippen LogP contribution in [0.3, 0.4) is 0 Å². The average molecular weight is 256 g/mol. The molecule has 2 heterocycles. The summed E-state index contributed by atoms with van der Waals surface area (Å²) in [6.45, 7) is 0. The molecule has 0 saturated carbocycles. The fourth-order valence-corrected chi connectivity index (χ4v) is 2.10. The number of rotatable bonds is 2. The van der Waals surface area contributed by atoms with Gasteiger partial charge < -0.3 is 0 Å². The minimum Gasteiger partial charge on any atom is -0.277 e. The number of halogens is 1. The largest absolute Gasteiger partial charge is 0.277 e. The summed E-state index contributed by atoms with van der Waals surface area (Å²) in [5.41, 5.74) is 3.64. The summed E-state index contributed by atoms with van der Waals surface area (Å²) in [4.78, 5) is 4.33. The van der Waals surface area contributed by atoms with Gasteiger partial charge in [-0.25, -0.2) is 0 Å². The van der Waals surface area contributed by atoms with E-state index in [0.29, 0.717) is 5.02 Å². The van der Waals surface area contributed by atoms with Crippen molar-refractivity contribution in [3.63, 3.8) is 0 Å². The maximum Gasteiger partial charge on any atom is 0.0759 e. The van der Waals surface area contributed by atoms with Gasteiger partial charge in [0.15, 0.2) is 0 Å². The summed E-state index contributed by atoms with van der Waals surface area (Å²) >= 11 is 6.21. The molecule has 4 heteroatoms. The molecule has 0 aliphatic heterocycles. The van der Waals surface area contributed by atoms with Crippen LogP contribution >= 0.6 is 11.6 Å². The molecule has 18 heavy (non-hydrogen) atoms. The summed E-state index contributed by atoms with van der Waals surface area (Å²) in [6, 6.07) is 13.5. The van der Waals surface area contributed by atoms with Crippen molar-refractivity contribution in [1.82, 2.24) is 15.2 Å². The molecule has 2 aromatic heterocycles. The molecule has 0 saturated heterocycles. The first-order valence-electron chi connectivity index (χ1n) is 5.56. The molecule has 0 aliphatic carbocycles. The Bertz CT molecular complexity index is 662. The second kappa shape index (κ2) is 4.63. The first-order chi connectivity index (χ1) is 8.86. The lowest BCUT2D eigenvalue weighted by atomic mass is 10.1. The molecule has 3 rings (SSSR count). The number of nitrogens with zero attached hydrogens (tertiary/aromatic N) is 2. The highest BCUT2D eigenvalue weighted by atomic mass is 35.5. The Balaban J connectivity index is 2.16. The van der Waals surface area contributed by atoms with E-state index in [-0.39, 0.29) is 0 Å². The first-order valence-corrected chi connectivity index (χ1v) is 5.94. The topological polar surface area (TPSA) is 41.6 Å². The van der Waals surface area contributed by atoms with Crippen LogP contribution < -0.4 is 0 Å². The minimum absolute atomic E-state index is 0.693. The number of aromatic nitrogens is 3. The number of aromatic amines is 1. The third kappa shape index (κ3) is 1.89. The summed E-state index contributed by atoms with van der Waals surface area (Å²) in [5, 5.41) is 7.77. The lowest BCUT2D eigenvalue weighted by Gasteiger charge is -2.04. The molecule has 0 radical (unpaired) electrons. The van der Waals surface area contributed by atoms with Crippen LogP contribution in [0.2, 0.25) is 5.02 Å². The van der Waals surface area contributed by atoms with Crippen molar-refractivity contribution in [3.05, 3.63) is 59.9 Å². The highest BCUT2D eigenvalue weighted by Gasteiger charge is 2.12. The van der Waals surface area contributed by atoms with Gasteiger partial charge in [-0.3, -0.25) is 10.1 Å². The average Bonchev–Trinajstić information content (AvgIpc) is 2.89. The minimum atomic E-state index is 0.693. The van der Waals surface area contributed by atoms with Crippen LogP contribution in [0, 0.1) is 0 Å². The second-order valence-electron chi connectivity index (χ2n) is 3.85. The SMILES string of the molecule is Clc1ccccc1-c1[nH]ncc1-c1ccccn1. The van der Waals surface area contributed by atoms with Crippen molar-refractivity contribution >= 4 is 11.6 Å². The standard InChI is InChI=1S/C14H10ClN3/c15-12-6-2-1-5-10(12)14-11(9-17-18-14)13-7-3-4-8-16-13/h1-9H,(H,17,18). The van der Waals surface area contributed by atoms with Gasteiger partial charge in [0.05, 0.1) is 17.6 Å². The van der Waals surface area contributed by atoms with Gasteiger partial charge in [-0.05, 0) is 18.2 Å². The van der Waals surface area contributed by atoms with Gasteiger partial charge in [0.25, 0.3) is 0 Å². The molecule has 0 amide bonds. The van der Waals surface area contributed by atoms with Crippen LogP contribution in [-0.2, 0) is 0 Å². The van der Waals surface area contributed by atoms with Gasteiger partial charge in [0.1, 0.15) is 0 Å². The van der Waals surface area contributed by atoms with Crippen molar-refractivity contribution in [2.24, 2.45) is 0 Å². The smallest absolute Gasteiger partial charge is 0.0759 e.